The van der Waals surface area contributed by atoms with Crippen LogP contribution in [0.15, 0.2) is 64.0 Å². The lowest BCUT2D eigenvalue weighted by molar-refractivity contribution is -0.136. The Morgan fingerprint density at radius 3 is 2.62 bits per heavy atom. The minimum absolute atomic E-state index is 0.231. The number of methoxy groups -OCH3 is 1. The van der Waals surface area contributed by atoms with Gasteiger partial charge >= 0.3 is 5.97 Å². The maximum Gasteiger partial charge on any atom is 0.333 e. The Morgan fingerprint density at radius 2 is 1.97 bits per heavy atom. The summed E-state index contributed by atoms with van der Waals surface area (Å²) in [4.78, 5) is 22.8. The fourth-order valence-corrected chi connectivity index (χ4v) is 6.83. The molecular formula is C30H37IN2O2S2. The number of esters is 1. The molecule has 7 heteroatoms. The molecule has 4 nitrogen and oxygen atoms in total. The van der Waals surface area contributed by atoms with Gasteiger partial charge in [0.25, 0.3) is 0 Å². The molecule has 0 N–H and O–H groups in total. The average Bonchev–Trinajstić information content (AvgIpc) is 2.92. The van der Waals surface area contributed by atoms with Crippen LogP contribution in [0.25, 0.3) is 16.5 Å². The van der Waals surface area contributed by atoms with Crippen LogP contribution in [0.3, 0.4) is 0 Å². The van der Waals surface area contributed by atoms with Gasteiger partial charge < -0.3 is 4.74 Å². The molecule has 0 bridgehead atoms. The van der Waals surface area contributed by atoms with Gasteiger partial charge in [-0.3, -0.25) is 9.98 Å². The van der Waals surface area contributed by atoms with Gasteiger partial charge in [-0.05, 0) is 87.4 Å². The third-order valence-electron chi connectivity index (χ3n) is 6.73. The summed E-state index contributed by atoms with van der Waals surface area (Å²) >= 11 is 4.06. The first-order chi connectivity index (χ1) is 17.8. The summed E-state index contributed by atoms with van der Waals surface area (Å²) in [7, 11) is 3.06. The normalized spacial score (nSPS) is 16.9. The number of carbonyl (C=O) groups is 1. The van der Waals surface area contributed by atoms with Crippen molar-refractivity contribution >= 4 is 69.4 Å². The third-order valence-corrected chi connectivity index (χ3v) is 9.78. The second kappa shape index (κ2) is 14.5. The van der Waals surface area contributed by atoms with Gasteiger partial charge in [-0.25, -0.2) is 4.79 Å². The number of carbonyl (C=O) groups excluding carboxylic acids is 1. The minimum Gasteiger partial charge on any atom is -0.466 e. The number of rotatable bonds is 9. The van der Waals surface area contributed by atoms with E-state index < -0.39 is 0 Å². The van der Waals surface area contributed by atoms with Gasteiger partial charge in [0.2, 0.25) is 0 Å². The van der Waals surface area contributed by atoms with Crippen molar-refractivity contribution in [3.63, 3.8) is 0 Å². The number of hydrogen-bond donors (Lipinski definition) is 0. The van der Waals surface area contributed by atoms with E-state index in [0.717, 1.165) is 57.1 Å². The summed E-state index contributed by atoms with van der Waals surface area (Å²) in [6.07, 6.45) is 7.97. The molecule has 1 heterocycles. The molecular weight excluding hydrogens is 611 g/mol. The Hall–Kier alpha value is -1.58. The number of pyridine rings is 1. The number of allylic oxidation sites excluding steroid dienone is 3. The smallest absolute Gasteiger partial charge is 0.333 e. The van der Waals surface area contributed by atoms with Crippen molar-refractivity contribution in [2.75, 3.05) is 13.7 Å². The Balaban J connectivity index is 2.11. The minimum atomic E-state index is -0.290. The van der Waals surface area contributed by atoms with Crippen molar-refractivity contribution in [3.05, 3.63) is 70.3 Å². The molecule has 0 saturated heterocycles. The van der Waals surface area contributed by atoms with Crippen LogP contribution in [-0.2, 0) is 9.53 Å². The van der Waals surface area contributed by atoms with Gasteiger partial charge in [0.1, 0.15) is 0 Å². The molecule has 1 aromatic carbocycles. The summed E-state index contributed by atoms with van der Waals surface area (Å²) in [6.45, 7) is 13.4. The number of thioether (sulfide) groups is 1. The highest BCUT2D eigenvalue weighted by molar-refractivity contribution is 14.2. The van der Waals surface area contributed by atoms with Gasteiger partial charge in [-0.1, -0.05) is 46.9 Å². The number of nitrogens with zero attached hydrogens (tertiary/aromatic N) is 2. The van der Waals surface area contributed by atoms with Gasteiger partial charge in [0, 0.05) is 43.6 Å². The highest BCUT2D eigenvalue weighted by Gasteiger charge is 2.23. The molecule has 0 spiro atoms. The number of aromatic nitrogens is 1. The zero-order chi connectivity index (χ0) is 26.9. The highest BCUT2D eigenvalue weighted by Crippen LogP contribution is 2.43. The van der Waals surface area contributed by atoms with Crippen LogP contribution in [0.2, 0.25) is 0 Å². The standard InChI is InChI=1S/C30H37IN2O2S2/c1-7-32-22(5)36-20(3)27-15-13-24-18-25(14-16-28(24)33-27)29(21(4)37-31)26(17-19(2)30(34)35-6)23-11-9-8-10-12-23/h13-18,20,23H,4,7-12H2,1-3,5-6H3/b19-17+,29-26-,32-22?. The van der Waals surface area contributed by atoms with Crippen molar-refractivity contribution in [2.45, 2.75) is 65.0 Å². The monoisotopic (exact) mass is 648 g/mol. The summed E-state index contributed by atoms with van der Waals surface area (Å²) in [5.74, 6) is 0.104. The lowest BCUT2D eigenvalue weighted by Gasteiger charge is -2.27. The maximum absolute atomic E-state index is 12.3. The summed E-state index contributed by atoms with van der Waals surface area (Å²) < 4.78 is 5.02. The molecule has 1 aliphatic carbocycles. The van der Waals surface area contributed by atoms with E-state index in [0.29, 0.717) is 11.5 Å². The Kier molecular flexibility index (Phi) is 11.8. The van der Waals surface area contributed by atoms with Crippen LogP contribution < -0.4 is 0 Å². The van der Waals surface area contributed by atoms with Gasteiger partial charge in [0.15, 0.2) is 0 Å². The van der Waals surface area contributed by atoms with E-state index >= 15 is 0 Å². The van der Waals surface area contributed by atoms with E-state index in [9.17, 15) is 4.79 Å². The van der Waals surface area contributed by atoms with Gasteiger partial charge in [0.05, 0.1) is 28.6 Å². The van der Waals surface area contributed by atoms with Crippen molar-refractivity contribution in [2.24, 2.45) is 10.9 Å². The largest absolute Gasteiger partial charge is 0.466 e. The van der Waals surface area contributed by atoms with E-state index in [1.165, 1.54) is 31.9 Å². The van der Waals surface area contributed by atoms with Crippen LogP contribution in [0.4, 0.5) is 0 Å². The fraction of sp³-hybridized carbons (Fsp3) is 0.433. The predicted octanol–water partition coefficient (Wildman–Crippen LogP) is 9.52. The molecule has 0 radical (unpaired) electrons. The van der Waals surface area contributed by atoms with Gasteiger partial charge in [-0.2, -0.15) is 0 Å². The number of halogens is 1. The highest BCUT2D eigenvalue weighted by atomic mass is 127. The lowest BCUT2D eigenvalue weighted by Crippen LogP contribution is -2.12. The second-order valence-electron chi connectivity index (χ2n) is 9.38. The van der Waals surface area contributed by atoms with E-state index in [1.54, 1.807) is 20.7 Å². The van der Waals surface area contributed by atoms with Crippen molar-refractivity contribution < 1.29 is 9.53 Å². The van der Waals surface area contributed by atoms with Crippen molar-refractivity contribution in [1.29, 1.82) is 0 Å². The quantitative estimate of drug-likeness (QED) is 0.0677. The van der Waals surface area contributed by atoms with Crippen molar-refractivity contribution in [1.82, 2.24) is 4.98 Å². The second-order valence-corrected chi connectivity index (χ2v) is 12.9. The number of benzene rings is 1. The zero-order valence-electron chi connectivity index (χ0n) is 22.5. The Morgan fingerprint density at radius 1 is 1.24 bits per heavy atom. The molecule has 1 atom stereocenters. The molecule has 1 aromatic heterocycles. The maximum atomic E-state index is 12.3. The Bertz CT molecular complexity index is 1230. The van der Waals surface area contributed by atoms with Crippen molar-refractivity contribution in [3.8, 4) is 0 Å². The van der Waals surface area contributed by atoms with Crippen LogP contribution >= 0.6 is 41.9 Å². The molecule has 0 amide bonds. The van der Waals surface area contributed by atoms with Crippen LogP contribution in [-0.4, -0.2) is 29.7 Å². The SMILES string of the molecule is C=C(SI)/C(=C(\C=C(/C)C(=O)OC)C1CCCCC1)c1ccc2nc(C(C)SC(C)=NCC)ccc2c1. The number of aliphatic imine (C=N–C) groups is 1. The van der Waals surface area contributed by atoms with E-state index in [1.807, 2.05) is 13.0 Å². The topological polar surface area (TPSA) is 51.5 Å². The Labute approximate surface area is 242 Å². The molecule has 1 fully saturated rings. The zero-order valence-corrected chi connectivity index (χ0v) is 26.3. The van der Waals surface area contributed by atoms with E-state index in [2.05, 4.69) is 83.9 Å². The van der Waals surface area contributed by atoms with Crippen LogP contribution in [0.5, 0.6) is 0 Å². The number of ether oxygens (including phenoxy) is 1. The molecule has 1 unspecified atom stereocenters. The summed E-state index contributed by atoms with van der Waals surface area (Å²) in [5, 5.41) is 2.41. The summed E-state index contributed by atoms with van der Waals surface area (Å²) in [5.41, 5.74) is 6.07. The molecule has 198 valence electrons. The summed E-state index contributed by atoms with van der Waals surface area (Å²) in [6, 6.07) is 10.8. The third kappa shape index (κ3) is 7.96. The van der Waals surface area contributed by atoms with Crippen LogP contribution in [0.1, 0.15) is 76.3 Å². The number of hydrogen-bond acceptors (Lipinski definition) is 6. The fourth-order valence-electron chi connectivity index (χ4n) is 4.89. The average molecular weight is 649 g/mol. The molecule has 1 aliphatic rings. The molecule has 1 saturated carbocycles. The first-order valence-corrected chi connectivity index (χ1v) is 17.1. The first-order valence-electron chi connectivity index (χ1n) is 12.9. The molecule has 2 aromatic rings. The lowest BCUT2D eigenvalue weighted by atomic mass is 9.79. The van der Waals surface area contributed by atoms with Gasteiger partial charge in [-0.15, -0.1) is 11.8 Å². The van der Waals surface area contributed by atoms with E-state index in [-0.39, 0.29) is 11.2 Å². The first kappa shape index (κ1) is 30.0. The molecule has 3 rings (SSSR count). The van der Waals surface area contributed by atoms with Crippen LogP contribution in [0, 0.1) is 5.92 Å². The number of fused-ring (bicyclic) bond motifs is 1. The molecule has 0 aliphatic heterocycles. The molecule has 37 heavy (non-hydrogen) atoms. The predicted molar refractivity (Wildman–Crippen MR) is 171 cm³/mol. The van der Waals surface area contributed by atoms with E-state index in [4.69, 9.17) is 9.72 Å².